The van der Waals surface area contributed by atoms with E-state index in [-0.39, 0.29) is 30.4 Å². The Hall–Kier alpha value is -3.15. The molecular formula is C24H28N2O4. The van der Waals surface area contributed by atoms with Crippen molar-refractivity contribution in [2.45, 2.75) is 45.6 Å². The van der Waals surface area contributed by atoms with Crippen molar-refractivity contribution in [1.29, 1.82) is 0 Å². The van der Waals surface area contributed by atoms with Crippen molar-refractivity contribution in [2.75, 3.05) is 18.1 Å². The number of anilines is 1. The number of amides is 2. The first-order valence-electron chi connectivity index (χ1n) is 10.5. The highest BCUT2D eigenvalue weighted by molar-refractivity contribution is 5.98. The molecule has 1 heterocycles. The summed E-state index contributed by atoms with van der Waals surface area (Å²) >= 11 is 0. The molecule has 0 aromatic heterocycles. The third-order valence-corrected chi connectivity index (χ3v) is 5.10. The monoisotopic (exact) mass is 408 g/mol. The van der Waals surface area contributed by atoms with Gasteiger partial charge in [-0.2, -0.15) is 0 Å². The molecule has 0 spiro atoms. The van der Waals surface area contributed by atoms with Crippen LogP contribution in [0.15, 0.2) is 48.5 Å². The first-order chi connectivity index (χ1) is 14.6. The van der Waals surface area contributed by atoms with E-state index in [0.29, 0.717) is 25.1 Å². The second kappa shape index (κ2) is 10.6. The predicted molar refractivity (Wildman–Crippen MR) is 116 cm³/mol. The van der Waals surface area contributed by atoms with Crippen molar-refractivity contribution in [1.82, 2.24) is 5.32 Å². The summed E-state index contributed by atoms with van der Waals surface area (Å²) in [6, 6.07) is 14.6. The van der Waals surface area contributed by atoms with Crippen LogP contribution in [0.1, 0.15) is 54.9 Å². The van der Waals surface area contributed by atoms with Crippen molar-refractivity contribution >= 4 is 23.3 Å². The van der Waals surface area contributed by atoms with Crippen LogP contribution < -0.4 is 15.0 Å². The molecule has 0 radical (unpaired) electrons. The van der Waals surface area contributed by atoms with E-state index in [2.05, 4.69) is 5.32 Å². The number of carbonyl (C=O) groups is 3. The van der Waals surface area contributed by atoms with E-state index in [1.54, 1.807) is 24.3 Å². The number of ketones is 1. The fourth-order valence-corrected chi connectivity index (χ4v) is 3.48. The van der Waals surface area contributed by atoms with Gasteiger partial charge in [-0.25, -0.2) is 0 Å². The third kappa shape index (κ3) is 5.92. The Kier molecular flexibility index (Phi) is 7.60. The van der Waals surface area contributed by atoms with E-state index in [1.807, 2.05) is 36.1 Å². The summed E-state index contributed by atoms with van der Waals surface area (Å²) in [5.41, 5.74) is 2.37. The van der Waals surface area contributed by atoms with E-state index in [4.69, 9.17) is 4.74 Å². The summed E-state index contributed by atoms with van der Waals surface area (Å²) in [5, 5.41) is 2.86. The molecule has 30 heavy (non-hydrogen) atoms. The Balaban J connectivity index is 1.47. The Morgan fingerprint density at radius 1 is 1.07 bits per heavy atom. The van der Waals surface area contributed by atoms with Gasteiger partial charge in [-0.05, 0) is 61.7 Å². The van der Waals surface area contributed by atoms with Gasteiger partial charge >= 0.3 is 0 Å². The smallest absolute Gasteiger partial charge is 0.226 e. The summed E-state index contributed by atoms with van der Waals surface area (Å²) in [4.78, 5) is 38.4. The van der Waals surface area contributed by atoms with Crippen molar-refractivity contribution < 1.29 is 19.1 Å². The van der Waals surface area contributed by atoms with Crippen LogP contribution in [-0.4, -0.2) is 30.7 Å². The third-order valence-electron chi connectivity index (χ3n) is 5.10. The maximum absolute atomic E-state index is 12.3. The van der Waals surface area contributed by atoms with Crippen LogP contribution >= 0.6 is 0 Å². The van der Waals surface area contributed by atoms with E-state index in [1.165, 1.54) is 0 Å². The van der Waals surface area contributed by atoms with Crippen LogP contribution in [0.2, 0.25) is 0 Å². The van der Waals surface area contributed by atoms with Gasteiger partial charge in [-0.3, -0.25) is 14.4 Å². The molecule has 2 amide bonds. The molecule has 0 saturated carbocycles. The van der Waals surface area contributed by atoms with Gasteiger partial charge in [0, 0.05) is 43.6 Å². The van der Waals surface area contributed by atoms with E-state index in [0.717, 1.165) is 36.4 Å². The van der Waals surface area contributed by atoms with Gasteiger partial charge in [-0.1, -0.05) is 12.1 Å². The fourth-order valence-electron chi connectivity index (χ4n) is 3.48. The lowest BCUT2D eigenvalue weighted by Crippen LogP contribution is -2.35. The average molecular weight is 408 g/mol. The SMILES string of the molecule is CCOc1ccc(C(=O)CCC(=O)NCc2cccc(N3CCCCC3=O)c2)cc1. The number of hydrogen-bond donors (Lipinski definition) is 1. The Morgan fingerprint density at radius 2 is 1.87 bits per heavy atom. The molecule has 1 N–H and O–H groups in total. The van der Waals surface area contributed by atoms with Crippen LogP contribution in [0.4, 0.5) is 5.69 Å². The first kappa shape index (κ1) is 21.6. The molecule has 1 fully saturated rings. The average Bonchev–Trinajstić information content (AvgIpc) is 2.77. The molecule has 2 aromatic rings. The van der Waals surface area contributed by atoms with Gasteiger partial charge in [0.05, 0.1) is 6.61 Å². The number of hydrogen-bond acceptors (Lipinski definition) is 4. The van der Waals surface area contributed by atoms with Crippen LogP contribution in [0.3, 0.4) is 0 Å². The number of ether oxygens (including phenoxy) is 1. The lowest BCUT2D eigenvalue weighted by Gasteiger charge is -2.27. The molecule has 3 rings (SSSR count). The van der Waals surface area contributed by atoms with E-state index < -0.39 is 0 Å². The predicted octanol–water partition coefficient (Wildman–Crippen LogP) is 3.88. The van der Waals surface area contributed by atoms with Gasteiger partial charge in [-0.15, -0.1) is 0 Å². The molecular weight excluding hydrogens is 380 g/mol. The number of nitrogens with one attached hydrogen (secondary N) is 1. The topological polar surface area (TPSA) is 75.7 Å². The molecule has 1 aliphatic heterocycles. The number of piperidine rings is 1. The maximum Gasteiger partial charge on any atom is 0.226 e. The number of Topliss-reactive ketones (excluding diaryl/α,β-unsaturated/α-hetero) is 1. The second-order valence-corrected chi connectivity index (χ2v) is 7.33. The van der Waals surface area contributed by atoms with Gasteiger partial charge in [0.25, 0.3) is 0 Å². The summed E-state index contributed by atoms with van der Waals surface area (Å²) in [6.07, 6.45) is 2.83. The van der Waals surface area contributed by atoms with Crippen LogP contribution in [0.5, 0.6) is 5.75 Å². The molecule has 0 bridgehead atoms. The molecule has 6 nitrogen and oxygen atoms in total. The van der Waals surface area contributed by atoms with Crippen molar-refractivity contribution in [3.63, 3.8) is 0 Å². The van der Waals surface area contributed by atoms with E-state index >= 15 is 0 Å². The van der Waals surface area contributed by atoms with Crippen molar-refractivity contribution in [2.24, 2.45) is 0 Å². The molecule has 0 atom stereocenters. The first-order valence-corrected chi connectivity index (χ1v) is 10.5. The fraction of sp³-hybridized carbons (Fsp3) is 0.375. The molecule has 158 valence electrons. The summed E-state index contributed by atoms with van der Waals surface area (Å²) in [5.74, 6) is 0.628. The highest BCUT2D eigenvalue weighted by Gasteiger charge is 2.19. The Morgan fingerprint density at radius 3 is 2.60 bits per heavy atom. The second-order valence-electron chi connectivity index (χ2n) is 7.33. The normalized spacial score (nSPS) is 13.8. The molecule has 0 unspecified atom stereocenters. The van der Waals surface area contributed by atoms with Gasteiger partial charge in [0.15, 0.2) is 5.78 Å². The minimum atomic E-state index is -0.172. The van der Waals surface area contributed by atoms with Gasteiger partial charge < -0.3 is 15.0 Å². The molecule has 0 aliphatic carbocycles. The Bertz CT molecular complexity index is 892. The van der Waals surface area contributed by atoms with Crippen LogP contribution in [-0.2, 0) is 16.1 Å². The zero-order valence-electron chi connectivity index (χ0n) is 17.4. The Labute approximate surface area is 177 Å². The van der Waals surface area contributed by atoms with Crippen molar-refractivity contribution in [3.8, 4) is 5.75 Å². The lowest BCUT2D eigenvalue weighted by atomic mass is 10.1. The summed E-state index contributed by atoms with van der Waals surface area (Å²) in [6.45, 7) is 3.58. The number of benzene rings is 2. The minimum Gasteiger partial charge on any atom is -0.494 e. The zero-order chi connectivity index (χ0) is 21.3. The molecule has 6 heteroatoms. The van der Waals surface area contributed by atoms with Crippen LogP contribution in [0.25, 0.3) is 0 Å². The molecule has 2 aromatic carbocycles. The minimum absolute atomic E-state index is 0.0705. The summed E-state index contributed by atoms with van der Waals surface area (Å²) in [7, 11) is 0. The lowest BCUT2D eigenvalue weighted by molar-refractivity contribution is -0.121. The molecule has 1 saturated heterocycles. The maximum atomic E-state index is 12.3. The number of carbonyl (C=O) groups excluding carboxylic acids is 3. The summed E-state index contributed by atoms with van der Waals surface area (Å²) < 4.78 is 5.37. The highest BCUT2D eigenvalue weighted by atomic mass is 16.5. The largest absolute Gasteiger partial charge is 0.494 e. The zero-order valence-corrected chi connectivity index (χ0v) is 17.4. The van der Waals surface area contributed by atoms with E-state index in [9.17, 15) is 14.4 Å². The van der Waals surface area contributed by atoms with Crippen molar-refractivity contribution in [3.05, 3.63) is 59.7 Å². The molecule has 1 aliphatic rings. The van der Waals surface area contributed by atoms with Crippen LogP contribution in [0, 0.1) is 0 Å². The van der Waals surface area contributed by atoms with Gasteiger partial charge in [0.2, 0.25) is 11.8 Å². The standard InChI is InChI=1S/C24H28N2O4/c1-2-30-21-11-9-19(10-12-21)22(27)13-14-23(28)25-17-18-6-5-7-20(16-18)26-15-4-3-8-24(26)29/h5-7,9-12,16H,2-4,8,13-15,17H2,1H3,(H,25,28). The highest BCUT2D eigenvalue weighted by Crippen LogP contribution is 2.22. The number of rotatable bonds is 9. The number of nitrogens with zero attached hydrogens (tertiary/aromatic N) is 1. The quantitative estimate of drug-likeness (QED) is 0.639. The van der Waals surface area contributed by atoms with Gasteiger partial charge in [0.1, 0.15) is 5.75 Å².